The van der Waals surface area contributed by atoms with E-state index in [2.05, 4.69) is 4.75 Å². The molecule has 0 bridgehead atoms. The molecule has 0 N–H and O–H groups in total. The first-order chi connectivity index (χ1) is 4.47. The van der Waals surface area contributed by atoms with Crippen LogP contribution in [-0.4, -0.2) is 50.9 Å². The quantitative estimate of drug-likeness (QED) is 0.571. The van der Waals surface area contributed by atoms with E-state index in [9.17, 15) is 0 Å². The van der Waals surface area contributed by atoms with Crippen molar-refractivity contribution < 1.29 is 0.486 Å². The molecule has 0 spiro atoms. The molecule has 0 amide bonds. The number of rotatable bonds is 0. The molecular weight excluding hydrogens is 208 g/mol. The van der Waals surface area contributed by atoms with E-state index in [1.807, 2.05) is 0 Å². The van der Waals surface area contributed by atoms with Crippen LogP contribution in [0.15, 0.2) is 0 Å². The molecule has 1 aliphatic carbocycles. The maximum atomic E-state index is 5.73. The molecular formula is C6H10OSSr. The summed E-state index contributed by atoms with van der Waals surface area (Å²) in [6, 6.07) is 0. The zero-order valence-corrected chi connectivity index (χ0v) is 9.80. The molecule has 1 heterocycles. The molecule has 2 aliphatic rings. The van der Waals surface area contributed by atoms with Gasteiger partial charge in [0.2, 0.25) is 0 Å². The van der Waals surface area contributed by atoms with E-state index in [-0.39, 0.29) is 0 Å². The molecule has 1 nitrogen and oxygen atoms in total. The van der Waals surface area contributed by atoms with Crippen molar-refractivity contribution in [2.24, 2.45) is 0 Å². The van der Waals surface area contributed by atoms with Crippen LogP contribution in [0.1, 0.15) is 25.7 Å². The Morgan fingerprint density at radius 2 is 2.22 bits per heavy atom. The summed E-state index contributed by atoms with van der Waals surface area (Å²) in [7, 11) is 0. The van der Waals surface area contributed by atoms with Gasteiger partial charge in [0.05, 0.1) is 0 Å². The van der Waals surface area contributed by atoms with E-state index in [0.29, 0.717) is 0 Å². The molecule has 3 heteroatoms. The van der Waals surface area contributed by atoms with Crippen molar-refractivity contribution in [3.63, 3.8) is 0 Å². The molecule has 0 aromatic rings. The average Bonchev–Trinajstić information content (AvgIpc) is 2.33. The molecule has 2 fully saturated rings. The summed E-state index contributed by atoms with van der Waals surface area (Å²) in [5.74, 6) is 0. The first-order valence-corrected chi connectivity index (χ1v) is 10.4. The average molecular weight is 218 g/mol. The molecule has 2 unspecified atom stereocenters. The van der Waals surface area contributed by atoms with E-state index in [1.54, 1.807) is 0 Å². The van der Waals surface area contributed by atoms with Crippen molar-refractivity contribution in [1.29, 1.82) is 0 Å². The minimum absolute atomic E-state index is 0.665. The molecule has 0 aromatic carbocycles. The van der Waals surface area contributed by atoms with Gasteiger partial charge in [-0.3, -0.25) is 0 Å². The second-order valence-electron chi connectivity index (χ2n) is 2.81. The Morgan fingerprint density at radius 3 is 3.11 bits per heavy atom. The van der Waals surface area contributed by atoms with Crippen LogP contribution in [0.3, 0.4) is 0 Å². The van der Waals surface area contributed by atoms with E-state index < -0.39 is 39.6 Å². The van der Waals surface area contributed by atoms with E-state index in [4.69, 9.17) is 0.486 Å². The second-order valence-corrected chi connectivity index (χ2v) is 9.00. The molecule has 2 atom stereocenters. The third-order valence-corrected chi connectivity index (χ3v) is 9.66. The molecule has 0 aromatic heterocycles. The van der Waals surface area contributed by atoms with Crippen molar-refractivity contribution in [3.8, 4) is 0 Å². The Labute approximate surface area is 80.5 Å². The van der Waals surface area contributed by atoms with Gasteiger partial charge in [-0.15, -0.1) is 0 Å². The van der Waals surface area contributed by atoms with Gasteiger partial charge in [0, 0.05) is 0 Å². The minimum atomic E-state index is -0.665. The van der Waals surface area contributed by atoms with E-state index >= 15 is 0 Å². The van der Waals surface area contributed by atoms with E-state index in [1.165, 1.54) is 25.7 Å². The van der Waals surface area contributed by atoms with Crippen LogP contribution >= 0.6 is 4.75 Å². The molecule has 48 valence electrons. The van der Waals surface area contributed by atoms with Crippen LogP contribution in [0.25, 0.3) is 0 Å². The SMILES string of the molecule is C1CCC2[S][Sr][O]C2C1. The van der Waals surface area contributed by atoms with Crippen molar-refractivity contribution in [3.05, 3.63) is 0 Å². The third kappa shape index (κ3) is 1.68. The predicted octanol–water partition coefficient (Wildman–Crippen LogP) is 1.60. The van der Waals surface area contributed by atoms with Crippen molar-refractivity contribution >= 4 is 44.3 Å². The topological polar surface area (TPSA) is 9.23 Å². The Kier molecular flexibility index (Phi) is 2.86. The Hall–Kier alpha value is 1.79. The van der Waals surface area contributed by atoms with Gasteiger partial charge >= 0.3 is 81.9 Å². The summed E-state index contributed by atoms with van der Waals surface area (Å²) in [4.78, 5) is 0. The fourth-order valence-electron chi connectivity index (χ4n) is 1.66. The predicted molar refractivity (Wildman–Crippen MR) is 40.5 cm³/mol. The normalized spacial score (nSPS) is 40.9. The Morgan fingerprint density at radius 1 is 1.33 bits per heavy atom. The molecule has 1 saturated carbocycles. The Balaban J connectivity index is 1.97. The monoisotopic (exact) mass is 218 g/mol. The molecule has 1 aliphatic heterocycles. The summed E-state index contributed by atoms with van der Waals surface area (Å²) in [6.45, 7) is 0. The zero-order chi connectivity index (χ0) is 6.10. The van der Waals surface area contributed by atoms with Crippen molar-refractivity contribution in [2.45, 2.75) is 37.0 Å². The van der Waals surface area contributed by atoms with Crippen molar-refractivity contribution in [1.82, 2.24) is 0 Å². The standard InChI is InChI=1S/C6H11OS.Sr/c7-5-3-1-2-4-6(5)8;/h5-6,8H,1-4H2;/q-1;+2/p-1. The summed E-state index contributed by atoms with van der Waals surface area (Å²) < 4.78 is 7.94. The van der Waals surface area contributed by atoms with Crippen LogP contribution in [0.2, 0.25) is 0 Å². The second kappa shape index (κ2) is 3.46. The van der Waals surface area contributed by atoms with Gasteiger partial charge in [-0.2, -0.15) is 0 Å². The van der Waals surface area contributed by atoms with Gasteiger partial charge in [-0.1, -0.05) is 0 Å². The van der Waals surface area contributed by atoms with Crippen molar-refractivity contribution in [2.75, 3.05) is 0 Å². The summed E-state index contributed by atoms with van der Waals surface area (Å²) in [6.07, 6.45) is 6.43. The van der Waals surface area contributed by atoms with Crippen LogP contribution in [-0.2, 0) is 0.486 Å². The van der Waals surface area contributed by atoms with Gasteiger partial charge in [0.25, 0.3) is 0 Å². The summed E-state index contributed by atoms with van der Waals surface area (Å²) >= 11 is -0.665. The number of fused-ring (bicyclic) bond motifs is 1. The first-order valence-electron chi connectivity index (χ1n) is 3.70. The molecule has 0 radical (unpaired) electrons. The van der Waals surface area contributed by atoms with Crippen LogP contribution in [0.5, 0.6) is 0 Å². The van der Waals surface area contributed by atoms with E-state index in [0.717, 1.165) is 11.4 Å². The van der Waals surface area contributed by atoms with Crippen LogP contribution in [0, 0.1) is 0 Å². The van der Waals surface area contributed by atoms with Gasteiger partial charge in [0.15, 0.2) is 0 Å². The Bertz CT molecular complexity index is 97.2. The molecule has 9 heavy (non-hydrogen) atoms. The van der Waals surface area contributed by atoms with Crippen LogP contribution in [0.4, 0.5) is 0 Å². The maximum absolute atomic E-state index is 5.73. The summed E-state index contributed by atoms with van der Waals surface area (Å²) in [5, 5.41) is 0.953. The zero-order valence-electron chi connectivity index (χ0n) is 5.51. The number of hydrogen-bond acceptors (Lipinski definition) is 2. The third-order valence-electron chi connectivity index (χ3n) is 2.21. The fourth-order valence-corrected chi connectivity index (χ4v) is 10.1. The van der Waals surface area contributed by atoms with Gasteiger partial charge < -0.3 is 0 Å². The molecule has 2 rings (SSSR count). The van der Waals surface area contributed by atoms with Crippen LogP contribution < -0.4 is 0 Å². The van der Waals surface area contributed by atoms with Gasteiger partial charge in [-0.25, -0.2) is 0 Å². The first kappa shape index (κ1) is 7.44. The fraction of sp³-hybridized carbons (Fsp3) is 1.00. The summed E-state index contributed by atoms with van der Waals surface area (Å²) in [5.41, 5.74) is 0. The van der Waals surface area contributed by atoms with Gasteiger partial charge in [-0.05, 0) is 0 Å². The molecule has 1 saturated heterocycles. The number of hydrogen-bond donors (Lipinski definition) is 0. The van der Waals surface area contributed by atoms with Gasteiger partial charge in [0.1, 0.15) is 0 Å².